The fourth-order valence-electron chi connectivity index (χ4n) is 1.76. The minimum Gasteiger partial charge on any atom is -0.329 e. The van der Waals surface area contributed by atoms with Gasteiger partial charge in [-0.1, -0.05) is 6.92 Å². The van der Waals surface area contributed by atoms with Gasteiger partial charge in [0.2, 0.25) is 17.7 Å². The van der Waals surface area contributed by atoms with Crippen LogP contribution in [0.3, 0.4) is 0 Å². The molecule has 0 aromatic carbocycles. The zero-order valence-corrected chi connectivity index (χ0v) is 10.4. The summed E-state index contributed by atoms with van der Waals surface area (Å²) in [7, 11) is 0. The summed E-state index contributed by atoms with van der Waals surface area (Å²) < 4.78 is 0. The van der Waals surface area contributed by atoms with E-state index < -0.39 is 23.3 Å². The van der Waals surface area contributed by atoms with Crippen molar-refractivity contribution in [2.24, 2.45) is 11.1 Å². The normalized spacial score (nSPS) is 21.4. The average molecular weight is 241 g/mol. The van der Waals surface area contributed by atoms with Crippen LogP contribution in [-0.4, -0.2) is 41.8 Å². The molecule has 0 aliphatic carbocycles. The Bertz CT molecular complexity index is 352. The van der Waals surface area contributed by atoms with Crippen molar-refractivity contribution in [2.45, 2.75) is 33.2 Å². The van der Waals surface area contributed by atoms with Crippen LogP contribution in [0.25, 0.3) is 0 Å². The summed E-state index contributed by atoms with van der Waals surface area (Å²) in [6.07, 6.45) is 0.478. The van der Waals surface area contributed by atoms with Gasteiger partial charge in [0.15, 0.2) is 0 Å². The zero-order chi connectivity index (χ0) is 13.2. The molecule has 0 radical (unpaired) electrons. The number of carbonyl (C=O) groups excluding carboxylic acids is 3. The number of amides is 3. The molecular formula is C11H19N3O3. The summed E-state index contributed by atoms with van der Waals surface area (Å²) in [5.74, 6) is -1.11. The van der Waals surface area contributed by atoms with Crippen LogP contribution in [0.1, 0.15) is 27.2 Å². The van der Waals surface area contributed by atoms with Crippen molar-refractivity contribution < 1.29 is 14.4 Å². The molecule has 0 aromatic rings. The van der Waals surface area contributed by atoms with E-state index in [2.05, 4.69) is 5.32 Å². The van der Waals surface area contributed by atoms with Crippen LogP contribution in [0, 0.1) is 5.41 Å². The van der Waals surface area contributed by atoms with E-state index in [1.54, 1.807) is 20.8 Å². The molecule has 1 aliphatic heterocycles. The first kappa shape index (κ1) is 13.6. The number of piperazine rings is 1. The second-order valence-corrected chi connectivity index (χ2v) is 4.86. The van der Waals surface area contributed by atoms with Gasteiger partial charge in [0.05, 0.1) is 5.41 Å². The van der Waals surface area contributed by atoms with Gasteiger partial charge in [-0.3, -0.25) is 19.7 Å². The molecule has 3 amide bonds. The smallest absolute Gasteiger partial charge is 0.249 e. The molecule has 0 saturated carbocycles. The fraction of sp³-hybridized carbons (Fsp3) is 0.727. The molecule has 6 heteroatoms. The lowest BCUT2D eigenvalue weighted by Gasteiger charge is -2.37. The van der Waals surface area contributed by atoms with E-state index in [0.29, 0.717) is 6.42 Å². The fourth-order valence-corrected chi connectivity index (χ4v) is 1.76. The first-order chi connectivity index (χ1) is 7.83. The maximum Gasteiger partial charge on any atom is 0.249 e. The molecule has 0 aromatic heterocycles. The Balaban J connectivity index is 2.96. The Hall–Kier alpha value is -1.43. The molecular weight excluding hydrogens is 222 g/mol. The lowest BCUT2D eigenvalue weighted by molar-refractivity contribution is -0.154. The Morgan fingerprint density at radius 2 is 2.12 bits per heavy atom. The number of carbonyl (C=O) groups is 3. The van der Waals surface area contributed by atoms with Gasteiger partial charge in [0.1, 0.15) is 12.6 Å². The summed E-state index contributed by atoms with van der Waals surface area (Å²) in [4.78, 5) is 36.5. The highest BCUT2D eigenvalue weighted by Crippen LogP contribution is 2.21. The molecule has 96 valence electrons. The van der Waals surface area contributed by atoms with Crippen molar-refractivity contribution in [2.75, 3.05) is 13.1 Å². The highest BCUT2D eigenvalue weighted by molar-refractivity contribution is 6.04. The molecule has 1 heterocycles. The molecule has 1 unspecified atom stereocenters. The molecule has 1 rings (SSSR count). The Labute approximate surface area is 101 Å². The van der Waals surface area contributed by atoms with Gasteiger partial charge < -0.3 is 10.6 Å². The number of rotatable bonds is 3. The minimum atomic E-state index is -0.759. The van der Waals surface area contributed by atoms with Crippen molar-refractivity contribution in [3.05, 3.63) is 0 Å². The van der Waals surface area contributed by atoms with Gasteiger partial charge in [-0.2, -0.15) is 0 Å². The molecule has 1 atom stereocenters. The SMILES string of the molecule is CCC1C(=O)NC(=O)CN1C(=O)C(C)(C)CN. The molecule has 1 aliphatic rings. The van der Waals surface area contributed by atoms with Gasteiger partial charge in [0.25, 0.3) is 0 Å². The number of hydrogen-bond acceptors (Lipinski definition) is 4. The lowest BCUT2D eigenvalue weighted by atomic mass is 9.90. The first-order valence-electron chi connectivity index (χ1n) is 5.68. The third-order valence-electron chi connectivity index (χ3n) is 2.99. The highest BCUT2D eigenvalue weighted by atomic mass is 16.2. The Morgan fingerprint density at radius 3 is 2.59 bits per heavy atom. The summed E-state index contributed by atoms with van der Waals surface area (Å²) in [5, 5.41) is 2.23. The van der Waals surface area contributed by atoms with E-state index in [1.807, 2.05) is 0 Å². The van der Waals surface area contributed by atoms with Crippen LogP contribution >= 0.6 is 0 Å². The van der Waals surface area contributed by atoms with Gasteiger partial charge in [-0.25, -0.2) is 0 Å². The van der Waals surface area contributed by atoms with E-state index >= 15 is 0 Å². The number of imide groups is 1. The predicted molar refractivity (Wildman–Crippen MR) is 61.8 cm³/mol. The lowest BCUT2D eigenvalue weighted by Crippen LogP contribution is -2.62. The molecule has 0 spiro atoms. The van der Waals surface area contributed by atoms with Crippen molar-refractivity contribution in [3.8, 4) is 0 Å². The van der Waals surface area contributed by atoms with Crippen LogP contribution < -0.4 is 11.1 Å². The second-order valence-electron chi connectivity index (χ2n) is 4.86. The first-order valence-corrected chi connectivity index (χ1v) is 5.68. The third kappa shape index (κ3) is 2.63. The number of nitrogens with one attached hydrogen (secondary N) is 1. The number of nitrogens with two attached hydrogens (primary N) is 1. The van der Waals surface area contributed by atoms with Gasteiger partial charge in [-0.15, -0.1) is 0 Å². The van der Waals surface area contributed by atoms with Gasteiger partial charge >= 0.3 is 0 Å². The standard InChI is InChI=1S/C11H19N3O3/c1-4-7-9(16)13-8(15)5-14(7)10(17)11(2,3)6-12/h7H,4-6,12H2,1-3H3,(H,13,15,16). The number of nitrogens with zero attached hydrogens (tertiary/aromatic N) is 1. The van der Waals surface area contributed by atoms with Crippen LogP contribution in [0.5, 0.6) is 0 Å². The molecule has 1 fully saturated rings. The minimum absolute atomic E-state index is 0.0769. The second kappa shape index (κ2) is 4.83. The van der Waals surface area contributed by atoms with Gasteiger partial charge in [0, 0.05) is 6.54 Å². The molecule has 17 heavy (non-hydrogen) atoms. The van der Waals surface area contributed by atoms with Gasteiger partial charge in [-0.05, 0) is 20.3 Å². The van der Waals surface area contributed by atoms with E-state index in [9.17, 15) is 14.4 Å². The maximum absolute atomic E-state index is 12.2. The molecule has 1 saturated heterocycles. The van der Waals surface area contributed by atoms with Crippen LogP contribution in [0.15, 0.2) is 0 Å². The highest BCUT2D eigenvalue weighted by Gasteiger charge is 2.40. The van der Waals surface area contributed by atoms with Crippen molar-refractivity contribution >= 4 is 17.7 Å². The van der Waals surface area contributed by atoms with Crippen LogP contribution in [0.4, 0.5) is 0 Å². The molecule has 3 N–H and O–H groups in total. The maximum atomic E-state index is 12.2. The van der Waals surface area contributed by atoms with Crippen molar-refractivity contribution in [1.82, 2.24) is 10.2 Å². The monoisotopic (exact) mass is 241 g/mol. The Kier molecular flexibility index (Phi) is 3.87. The van der Waals surface area contributed by atoms with E-state index in [-0.39, 0.29) is 19.0 Å². The largest absolute Gasteiger partial charge is 0.329 e. The topological polar surface area (TPSA) is 92.5 Å². The quantitative estimate of drug-likeness (QED) is 0.635. The molecule has 6 nitrogen and oxygen atoms in total. The van der Waals surface area contributed by atoms with Crippen LogP contribution in [-0.2, 0) is 14.4 Å². The zero-order valence-electron chi connectivity index (χ0n) is 10.4. The Morgan fingerprint density at radius 1 is 1.53 bits per heavy atom. The molecule has 0 bridgehead atoms. The average Bonchev–Trinajstić information content (AvgIpc) is 2.27. The summed E-state index contributed by atoms with van der Waals surface area (Å²) in [5.41, 5.74) is 4.78. The van der Waals surface area contributed by atoms with Crippen LogP contribution in [0.2, 0.25) is 0 Å². The summed E-state index contributed by atoms with van der Waals surface area (Å²) in [6.45, 7) is 5.31. The van der Waals surface area contributed by atoms with Crippen molar-refractivity contribution in [1.29, 1.82) is 0 Å². The van der Waals surface area contributed by atoms with Crippen molar-refractivity contribution in [3.63, 3.8) is 0 Å². The van der Waals surface area contributed by atoms with E-state index in [0.717, 1.165) is 0 Å². The number of hydrogen-bond donors (Lipinski definition) is 2. The van der Waals surface area contributed by atoms with E-state index in [1.165, 1.54) is 4.90 Å². The van der Waals surface area contributed by atoms with E-state index in [4.69, 9.17) is 5.73 Å². The summed E-state index contributed by atoms with van der Waals surface area (Å²) in [6, 6.07) is -0.578. The predicted octanol–water partition coefficient (Wildman–Crippen LogP) is -0.765. The third-order valence-corrected chi connectivity index (χ3v) is 2.99. The summed E-state index contributed by atoms with van der Waals surface area (Å²) >= 11 is 0.